The van der Waals surface area contributed by atoms with Crippen LogP contribution in [-0.4, -0.2) is 102 Å². The number of benzene rings is 1. The molecule has 4 saturated heterocycles. The number of piperidine rings is 3. The monoisotopic (exact) mass is 627 g/mol. The second-order valence-corrected chi connectivity index (χ2v) is 12.4. The Bertz CT molecular complexity index is 1620. The third-order valence-electron chi connectivity index (χ3n) is 9.76. The van der Waals surface area contributed by atoms with Crippen LogP contribution in [0.3, 0.4) is 0 Å². The summed E-state index contributed by atoms with van der Waals surface area (Å²) in [6, 6.07) is 0. The molecule has 14 nitrogen and oxygen atoms in total. The number of aryl methyl sites for hydroxylation is 1. The maximum Gasteiger partial charge on any atom is 0.409 e. The fourth-order valence-corrected chi connectivity index (χ4v) is 7.35. The highest BCUT2D eigenvalue weighted by molar-refractivity contribution is 6.06. The van der Waals surface area contributed by atoms with Gasteiger partial charge >= 0.3 is 11.8 Å². The van der Waals surface area contributed by atoms with Gasteiger partial charge in [-0.1, -0.05) is 0 Å². The number of methoxy groups -OCH3 is 1. The molecule has 5 heterocycles. The third kappa shape index (κ3) is 5.69. The molecule has 0 saturated carbocycles. The number of H-pyrrole nitrogens is 1. The maximum absolute atomic E-state index is 17.1. The lowest BCUT2D eigenvalue weighted by Crippen LogP contribution is -2.50. The predicted octanol–water partition coefficient (Wildman–Crippen LogP) is 0.647. The summed E-state index contributed by atoms with van der Waals surface area (Å²) in [7, 11) is 2.90. The number of amides is 5. The van der Waals surface area contributed by atoms with Crippen LogP contribution < -0.4 is 21.2 Å². The van der Waals surface area contributed by atoms with Gasteiger partial charge in [0.25, 0.3) is 0 Å². The smallest absolute Gasteiger partial charge is 0.409 e. The van der Waals surface area contributed by atoms with E-state index in [1.807, 2.05) is 4.90 Å². The quantitative estimate of drug-likeness (QED) is 0.404. The molecule has 1 aromatic carbocycles. The van der Waals surface area contributed by atoms with E-state index in [2.05, 4.69) is 20.5 Å². The highest BCUT2D eigenvalue weighted by atomic mass is 19.1. The number of rotatable bonds is 5. The molecule has 5 amide bonds. The Morgan fingerprint density at radius 2 is 1.42 bits per heavy atom. The summed E-state index contributed by atoms with van der Waals surface area (Å²) in [6.45, 7) is 4.42. The largest absolute Gasteiger partial charge is 0.453 e. The minimum Gasteiger partial charge on any atom is -0.453 e. The summed E-state index contributed by atoms with van der Waals surface area (Å²) in [4.78, 5) is 83.7. The molecule has 0 bridgehead atoms. The van der Waals surface area contributed by atoms with Crippen molar-refractivity contribution in [2.45, 2.75) is 50.4 Å². The number of fused-ring (bicyclic) bond motifs is 1. The standard InChI is InChI=1S/C30H38FN7O7/c1-35-26-22(18-4-6-20(40)33-28(18)42)25(23(31)21(24(26)34-29(35)43)17-3-5-19(39)32-27(17)41)37-9-7-16(8-10-37)15-36-11-13-38(14-12-36)30(44)45-2/h16-18H,3-15H2,1-2H3,(H,34,43)(H,32,39,41)(H,33,40,42). The summed E-state index contributed by atoms with van der Waals surface area (Å²) in [5.74, 6) is -4.33. The number of nitrogens with zero attached hydrogens (tertiary/aromatic N) is 4. The minimum atomic E-state index is -1.01. The normalized spacial score (nSPS) is 23.8. The van der Waals surface area contributed by atoms with Gasteiger partial charge in [0.1, 0.15) is 0 Å². The summed E-state index contributed by atoms with van der Waals surface area (Å²) >= 11 is 0. The molecular formula is C30H38FN7O7. The fraction of sp³-hybridized carbons (Fsp3) is 0.600. The molecular weight excluding hydrogens is 589 g/mol. The molecule has 0 radical (unpaired) electrons. The molecule has 2 unspecified atom stereocenters. The fourth-order valence-electron chi connectivity index (χ4n) is 7.35. The molecule has 15 heteroatoms. The third-order valence-corrected chi connectivity index (χ3v) is 9.76. The van der Waals surface area contributed by atoms with Gasteiger partial charge in [-0.25, -0.2) is 14.0 Å². The van der Waals surface area contributed by atoms with Crippen molar-refractivity contribution < 1.29 is 33.1 Å². The van der Waals surface area contributed by atoms with Crippen LogP contribution in [0.1, 0.15) is 61.5 Å². The van der Waals surface area contributed by atoms with Crippen molar-refractivity contribution in [1.29, 1.82) is 0 Å². The number of anilines is 1. The highest BCUT2D eigenvalue weighted by Gasteiger charge is 2.41. The molecule has 3 N–H and O–H groups in total. The van der Waals surface area contributed by atoms with Crippen LogP contribution in [0.2, 0.25) is 0 Å². The first kappa shape index (κ1) is 30.7. The van der Waals surface area contributed by atoms with Crippen LogP contribution >= 0.6 is 0 Å². The van der Waals surface area contributed by atoms with Crippen LogP contribution in [0.5, 0.6) is 0 Å². The molecule has 45 heavy (non-hydrogen) atoms. The van der Waals surface area contributed by atoms with Crippen molar-refractivity contribution in [3.63, 3.8) is 0 Å². The van der Waals surface area contributed by atoms with E-state index in [-0.39, 0.29) is 48.5 Å². The molecule has 0 aliphatic carbocycles. The number of piperazine rings is 1. The Kier molecular flexibility index (Phi) is 8.37. The van der Waals surface area contributed by atoms with Crippen molar-refractivity contribution in [1.82, 2.24) is 30.0 Å². The number of hydrogen-bond donors (Lipinski definition) is 3. The number of imide groups is 2. The lowest BCUT2D eigenvalue weighted by Gasteiger charge is -2.40. The highest BCUT2D eigenvalue weighted by Crippen LogP contribution is 2.45. The first-order chi connectivity index (χ1) is 21.6. The van der Waals surface area contributed by atoms with Gasteiger partial charge in [0.15, 0.2) is 5.82 Å². The molecule has 2 aromatic rings. The van der Waals surface area contributed by atoms with Crippen LogP contribution in [0.15, 0.2) is 4.79 Å². The van der Waals surface area contributed by atoms with Gasteiger partial charge in [0, 0.05) is 76.8 Å². The van der Waals surface area contributed by atoms with E-state index in [4.69, 9.17) is 4.74 Å². The Hall–Kier alpha value is -4.27. The van der Waals surface area contributed by atoms with E-state index in [1.165, 1.54) is 18.7 Å². The lowest BCUT2D eigenvalue weighted by atomic mass is 9.82. The number of carbonyl (C=O) groups excluding carboxylic acids is 5. The van der Waals surface area contributed by atoms with Gasteiger partial charge in [0.05, 0.1) is 35.7 Å². The average Bonchev–Trinajstić information content (AvgIpc) is 3.31. The maximum atomic E-state index is 17.1. The molecule has 4 aliphatic rings. The van der Waals surface area contributed by atoms with Gasteiger partial charge in [-0.05, 0) is 31.6 Å². The molecule has 4 fully saturated rings. The van der Waals surface area contributed by atoms with Gasteiger partial charge < -0.3 is 19.5 Å². The van der Waals surface area contributed by atoms with Crippen molar-refractivity contribution in [2.24, 2.45) is 13.0 Å². The van der Waals surface area contributed by atoms with E-state index in [1.54, 1.807) is 4.90 Å². The number of carbonyl (C=O) groups is 5. The number of ether oxygens (including phenoxy) is 1. The second-order valence-electron chi connectivity index (χ2n) is 12.4. The van der Waals surface area contributed by atoms with Gasteiger partial charge in [0.2, 0.25) is 23.6 Å². The lowest BCUT2D eigenvalue weighted by molar-refractivity contribution is -0.135. The van der Waals surface area contributed by atoms with Crippen LogP contribution in [-0.2, 0) is 31.0 Å². The molecule has 6 rings (SSSR count). The van der Waals surface area contributed by atoms with E-state index >= 15 is 4.39 Å². The first-order valence-corrected chi connectivity index (χ1v) is 15.5. The number of halogens is 1. The zero-order chi connectivity index (χ0) is 32.0. The summed E-state index contributed by atoms with van der Waals surface area (Å²) in [5, 5.41) is 4.66. The number of nitrogens with one attached hydrogen (secondary N) is 3. The minimum absolute atomic E-state index is 0.00402. The molecule has 242 valence electrons. The molecule has 1 aromatic heterocycles. The number of aromatic amines is 1. The van der Waals surface area contributed by atoms with Crippen molar-refractivity contribution >= 4 is 46.4 Å². The number of imidazole rings is 1. The van der Waals surface area contributed by atoms with Gasteiger partial charge in [-0.15, -0.1) is 0 Å². The summed E-state index contributed by atoms with van der Waals surface area (Å²) in [6.07, 6.45) is 1.47. The molecule has 4 aliphatic heterocycles. The van der Waals surface area contributed by atoms with Crippen LogP contribution in [0.4, 0.5) is 14.9 Å². The molecule has 2 atom stereocenters. The number of hydrogen-bond acceptors (Lipinski definition) is 9. The SMILES string of the molecule is COC(=O)N1CCN(CC2CCN(c3c(F)c(C4CCC(=O)NC4=O)c4[nH]c(=O)n(C)c4c3C3CCC(=O)NC3=O)CC2)CC1. The van der Waals surface area contributed by atoms with Crippen molar-refractivity contribution in [3.05, 3.63) is 27.4 Å². The number of aromatic nitrogens is 2. The second kappa shape index (κ2) is 12.3. The Labute approximate surface area is 258 Å². The first-order valence-electron chi connectivity index (χ1n) is 15.5. The van der Waals surface area contributed by atoms with E-state index in [0.717, 1.165) is 32.5 Å². The predicted molar refractivity (Wildman–Crippen MR) is 159 cm³/mol. The van der Waals surface area contributed by atoms with Gasteiger partial charge in [-0.3, -0.25) is 39.3 Å². The topological polar surface area (TPSA) is 166 Å². The van der Waals surface area contributed by atoms with Crippen LogP contribution in [0, 0.1) is 11.7 Å². The van der Waals surface area contributed by atoms with E-state index in [9.17, 15) is 28.8 Å². The average molecular weight is 628 g/mol. The van der Waals surface area contributed by atoms with Crippen LogP contribution in [0.25, 0.3) is 11.0 Å². The zero-order valence-corrected chi connectivity index (χ0v) is 25.4. The van der Waals surface area contributed by atoms with E-state index < -0.39 is 47.0 Å². The van der Waals surface area contributed by atoms with E-state index in [0.29, 0.717) is 43.2 Å². The Balaban J connectivity index is 1.35. The van der Waals surface area contributed by atoms with Gasteiger partial charge in [-0.2, -0.15) is 0 Å². The van der Waals surface area contributed by atoms with Crippen molar-refractivity contribution in [3.8, 4) is 0 Å². The molecule has 0 spiro atoms. The Morgan fingerprint density at radius 1 is 0.844 bits per heavy atom. The summed E-state index contributed by atoms with van der Waals surface area (Å²) < 4.78 is 23.3. The van der Waals surface area contributed by atoms with Crippen molar-refractivity contribution in [2.75, 3.05) is 57.8 Å². The summed E-state index contributed by atoms with van der Waals surface area (Å²) in [5.41, 5.74) is 0.396. The zero-order valence-electron chi connectivity index (χ0n) is 25.4. The Morgan fingerprint density at radius 3 is 1.98 bits per heavy atom.